The molecule has 0 saturated carbocycles. The second-order valence-corrected chi connectivity index (χ2v) is 9.65. The van der Waals surface area contributed by atoms with Crippen LogP contribution in [0, 0.1) is 0 Å². The Kier molecular flexibility index (Phi) is 5.72. The molecule has 0 radical (unpaired) electrons. The van der Waals surface area contributed by atoms with Crippen LogP contribution in [0.1, 0.15) is 59.6 Å². The lowest BCUT2D eigenvalue weighted by Crippen LogP contribution is -2.17. The fourth-order valence-electron chi connectivity index (χ4n) is 2.70. The van der Waals surface area contributed by atoms with Gasteiger partial charge in [0, 0.05) is 16.8 Å². The summed E-state index contributed by atoms with van der Waals surface area (Å²) in [6, 6.07) is 8.16. The number of phenolic OH excluding ortho intramolecular Hbond substituents is 1. The van der Waals surface area contributed by atoms with Crippen LogP contribution in [0.4, 0.5) is 11.4 Å². The van der Waals surface area contributed by atoms with Gasteiger partial charge in [-0.2, -0.15) is 0 Å². The Morgan fingerprint density at radius 1 is 0.960 bits per heavy atom. The molecule has 0 atom stereocenters. The third-order valence-electron chi connectivity index (χ3n) is 4.04. The molecule has 0 aliphatic carbocycles. The Morgan fingerprint density at radius 2 is 1.52 bits per heavy atom. The lowest BCUT2D eigenvalue weighted by Gasteiger charge is -2.28. The average molecular weight is 359 g/mol. The number of benzene rings is 1. The maximum absolute atomic E-state index is 10.8. The van der Waals surface area contributed by atoms with E-state index in [4.69, 9.17) is 0 Å². The van der Waals surface area contributed by atoms with Gasteiger partial charge in [-0.25, -0.2) is 4.98 Å². The number of rotatable bonds is 4. The van der Waals surface area contributed by atoms with Gasteiger partial charge in [0.15, 0.2) is 0 Å². The van der Waals surface area contributed by atoms with E-state index in [0.717, 1.165) is 33.3 Å². The van der Waals surface area contributed by atoms with Crippen LogP contribution in [0.5, 0.6) is 5.75 Å². The Bertz CT molecular complexity index is 690. The summed E-state index contributed by atoms with van der Waals surface area (Å²) in [5.74, 6) is 1.42. The zero-order valence-corrected chi connectivity index (χ0v) is 17.2. The van der Waals surface area contributed by atoms with Crippen LogP contribution in [0.2, 0.25) is 0 Å². The van der Waals surface area contributed by atoms with Crippen molar-refractivity contribution in [1.29, 1.82) is 0 Å². The van der Waals surface area contributed by atoms with Crippen molar-refractivity contribution in [2.24, 2.45) is 0 Å². The van der Waals surface area contributed by atoms with Crippen molar-refractivity contribution in [2.75, 3.05) is 11.1 Å². The largest absolute Gasteiger partial charge is 0.507 e. The summed E-state index contributed by atoms with van der Waals surface area (Å²) in [7, 11) is 0. The first kappa shape index (κ1) is 19.6. The van der Waals surface area contributed by atoms with Crippen molar-refractivity contribution in [1.82, 2.24) is 4.98 Å². The molecule has 2 N–H and O–H groups in total. The maximum Gasteiger partial charge on any atom is 0.123 e. The number of hydrogen-bond acceptors (Lipinski definition) is 4. The molecule has 1 aromatic carbocycles. The molecule has 136 valence electrons. The van der Waals surface area contributed by atoms with E-state index < -0.39 is 0 Å². The number of hydrogen-bond donors (Lipinski definition) is 2. The summed E-state index contributed by atoms with van der Waals surface area (Å²) < 4.78 is 0. The first-order valence-electron chi connectivity index (χ1n) is 8.76. The van der Waals surface area contributed by atoms with E-state index in [0.29, 0.717) is 5.75 Å². The molecule has 0 unspecified atom stereocenters. The van der Waals surface area contributed by atoms with Gasteiger partial charge in [-0.15, -0.1) is 11.8 Å². The van der Waals surface area contributed by atoms with E-state index >= 15 is 0 Å². The quantitative estimate of drug-likeness (QED) is 0.502. The van der Waals surface area contributed by atoms with Gasteiger partial charge in [0.2, 0.25) is 0 Å². The summed E-state index contributed by atoms with van der Waals surface area (Å²) in [4.78, 5) is 4.48. The third-order valence-corrected chi connectivity index (χ3v) is 4.87. The molecular weight excluding hydrogens is 328 g/mol. The molecular formula is C21H30N2OS. The SMILES string of the molecule is CCSc1ccc(Nc2cc(C(C)(C)C)c(O)c(C(C)(C)C)c2)cn1. The first-order valence-corrected chi connectivity index (χ1v) is 9.74. The molecule has 2 aromatic rings. The first-order chi connectivity index (χ1) is 11.5. The highest BCUT2D eigenvalue weighted by Gasteiger charge is 2.26. The fraction of sp³-hybridized carbons (Fsp3) is 0.476. The number of aromatic nitrogens is 1. The Morgan fingerprint density at radius 3 is 1.92 bits per heavy atom. The zero-order valence-electron chi connectivity index (χ0n) is 16.4. The zero-order chi connectivity index (χ0) is 18.8. The van der Waals surface area contributed by atoms with Crippen molar-refractivity contribution in [3.63, 3.8) is 0 Å². The number of thioether (sulfide) groups is 1. The van der Waals surface area contributed by atoms with Gasteiger partial charge in [0.1, 0.15) is 5.75 Å². The van der Waals surface area contributed by atoms with E-state index in [1.165, 1.54) is 0 Å². The molecule has 1 aromatic heterocycles. The van der Waals surface area contributed by atoms with Crippen LogP contribution in [0.25, 0.3) is 0 Å². The fourth-order valence-corrected chi connectivity index (χ4v) is 3.29. The highest BCUT2D eigenvalue weighted by molar-refractivity contribution is 7.99. The smallest absolute Gasteiger partial charge is 0.123 e. The van der Waals surface area contributed by atoms with Gasteiger partial charge in [-0.3, -0.25) is 0 Å². The molecule has 0 spiro atoms. The van der Waals surface area contributed by atoms with E-state index in [1.54, 1.807) is 11.8 Å². The highest BCUT2D eigenvalue weighted by Crippen LogP contribution is 2.41. The molecule has 0 aliphatic rings. The molecule has 3 nitrogen and oxygen atoms in total. The Labute approximate surface area is 156 Å². The molecule has 0 saturated heterocycles. The van der Waals surface area contributed by atoms with E-state index in [9.17, 15) is 5.11 Å². The molecule has 25 heavy (non-hydrogen) atoms. The summed E-state index contributed by atoms with van der Waals surface area (Å²) in [6.07, 6.45) is 1.86. The molecule has 4 heteroatoms. The minimum absolute atomic E-state index is 0.137. The molecule has 0 fully saturated rings. The van der Waals surface area contributed by atoms with Crippen LogP contribution in [-0.2, 0) is 10.8 Å². The number of pyridine rings is 1. The monoisotopic (exact) mass is 358 g/mol. The Hall–Kier alpha value is -1.68. The normalized spacial score (nSPS) is 12.3. The summed E-state index contributed by atoms with van der Waals surface area (Å²) in [5.41, 5.74) is 3.56. The number of nitrogens with one attached hydrogen (secondary N) is 1. The molecule has 0 amide bonds. The maximum atomic E-state index is 10.8. The number of nitrogens with zero attached hydrogens (tertiary/aromatic N) is 1. The van der Waals surface area contributed by atoms with Gasteiger partial charge in [0.05, 0.1) is 16.9 Å². The van der Waals surface area contributed by atoms with Crippen molar-refractivity contribution >= 4 is 23.1 Å². The minimum Gasteiger partial charge on any atom is -0.507 e. The minimum atomic E-state index is -0.137. The second-order valence-electron chi connectivity index (χ2n) is 8.36. The topological polar surface area (TPSA) is 45.1 Å². The average Bonchev–Trinajstić information content (AvgIpc) is 2.49. The van der Waals surface area contributed by atoms with E-state index in [-0.39, 0.29) is 10.8 Å². The predicted molar refractivity (Wildman–Crippen MR) is 109 cm³/mol. The van der Waals surface area contributed by atoms with Gasteiger partial charge in [-0.1, -0.05) is 48.5 Å². The van der Waals surface area contributed by atoms with Crippen LogP contribution in [-0.4, -0.2) is 15.8 Å². The number of anilines is 2. The number of phenols is 1. The van der Waals surface area contributed by atoms with Crippen molar-refractivity contribution < 1.29 is 5.11 Å². The van der Waals surface area contributed by atoms with Gasteiger partial charge in [0.25, 0.3) is 0 Å². The Balaban J connectivity index is 2.43. The van der Waals surface area contributed by atoms with Crippen LogP contribution >= 0.6 is 11.8 Å². The molecule has 2 rings (SSSR count). The summed E-state index contributed by atoms with van der Waals surface area (Å²) in [5, 5.41) is 15.3. The molecule has 0 aliphatic heterocycles. The van der Waals surface area contributed by atoms with Gasteiger partial charge in [-0.05, 0) is 40.8 Å². The number of aromatic hydroxyl groups is 1. The third kappa shape index (κ3) is 4.91. The van der Waals surface area contributed by atoms with Gasteiger partial charge < -0.3 is 10.4 Å². The van der Waals surface area contributed by atoms with Crippen LogP contribution < -0.4 is 5.32 Å². The summed E-state index contributed by atoms with van der Waals surface area (Å²) >= 11 is 1.73. The standard InChI is InChI=1S/C21H30N2OS/c1-8-25-18-10-9-14(13-22-18)23-15-11-16(20(2,3)4)19(24)17(12-15)21(5,6)7/h9-13,23-24H,8H2,1-7H3. The molecule has 0 bridgehead atoms. The lowest BCUT2D eigenvalue weighted by atomic mass is 9.79. The summed E-state index contributed by atoms with van der Waals surface area (Å²) in [6.45, 7) is 14.9. The van der Waals surface area contributed by atoms with Crippen LogP contribution in [0.15, 0.2) is 35.5 Å². The van der Waals surface area contributed by atoms with Crippen LogP contribution in [0.3, 0.4) is 0 Å². The van der Waals surface area contributed by atoms with Crippen molar-refractivity contribution in [3.05, 3.63) is 41.6 Å². The van der Waals surface area contributed by atoms with E-state index in [2.05, 4.69) is 58.8 Å². The highest BCUT2D eigenvalue weighted by atomic mass is 32.2. The van der Waals surface area contributed by atoms with Crippen molar-refractivity contribution in [2.45, 2.75) is 64.3 Å². The predicted octanol–water partition coefficient (Wildman–Crippen LogP) is 6.24. The van der Waals surface area contributed by atoms with Gasteiger partial charge >= 0.3 is 0 Å². The lowest BCUT2D eigenvalue weighted by molar-refractivity contribution is 0.423. The van der Waals surface area contributed by atoms with Crippen molar-refractivity contribution in [3.8, 4) is 5.75 Å². The van der Waals surface area contributed by atoms with E-state index in [1.807, 2.05) is 30.5 Å². The second kappa shape index (κ2) is 7.28. The molecule has 1 heterocycles.